The molecular weight excluding hydrogens is 238 g/mol. The van der Waals surface area contributed by atoms with E-state index in [1.807, 2.05) is 19.1 Å². The van der Waals surface area contributed by atoms with Gasteiger partial charge in [-0.25, -0.2) is 0 Å². The van der Waals surface area contributed by atoms with Crippen molar-refractivity contribution in [3.8, 4) is 0 Å². The predicted molar refractivity (Wildman–Crippen MR) is 76.9 cm³/mol. The Morgan fingerprint density at radius 3 is 2.68 bits per heavy atom. The summed E-state index contributed by atoms with van der Waals surface area (Å²) in [7, 11) is 0. The van der Waals surface area contributed by atoms with Crippen molar-refractivity contribution in [1.82, 2.24) is 0 Å². The molecule has 0 spiro atoms. The first-order chi connectivity index (χ1) is 8.89. The number of nitrogens with two attached hydrogens (primary N) is 1. The molecule has 2 rings (SSSR count). The van der Waals surface area contributed by atoms with E-state index in [1.165, 1.54) is 6.42 Å². The van der Waals surface area contributed by atoms with Crippen molar-refractivity contribution in [3.63, 3.8) is 0 Å². The Labute approximate surface area is 116 Å². The third-order valence-electron chi connectivity index (χ3n) is 4.00. The first-order valence-electron chi connectivity index (χ1n) is 7.31. The Morgan fingerprint density at radius 2 is 2.16 bits per heavy atom. The minimum Gasteiger partial charge on any atom is -0.464 e. The molecule has 0 aliphatic heterocycles. The van der Waals surface area contributed by atoms with Crippen molar-refractivity contribution in [2.45, 2.75) is 59.2 Å². The highest BCUT2D eigenvalue weighted by molar-refractivity contribution is 5.08. The number of aryl methyl sites for hydroxylation is 1. The SMILES string of the molecule is Cc1ccc(C(CN)OC2CC(C)CC(C)(C)C2)o1. The van der Waals surface area contributed by atoms with Gasteiger partial charge in [-0.15, -0.1) is 0 Å². The first-order valence-corrected chi connectivity index (χ1v) is 7.31. The normalized spacial score (nSPS) is 28.3. The summed E-state index contributed by atoms with van der Waals surface area (Å²) in [5.74, 6) is 2.48. The summed E-state index contributed by atoms with van der Waals surface area (Å²) in [6, 6.07) is 3.94. The van der Waals surface area contributed by atoms with E-state index in [1.54, 1.807) is 0 Å². The van der Waals surface area contributed by atoms with Crippen LogP contribution in [0, 0.1) is 18.3 Å². The standard InChI is InChI=1S/C16H27NO2/c1-11-7-13(9-16(3,4)8-11)19-15(10-17)14-6-5-12(2)18-14/h5-6,11,13,15H,7-10,17H2,1-4H3. The Kier molecular flexibility index (Phi) is 4.36. The topological polar surface area (TPSA) is 48.4 Å². The summed E-state index contributed by atoms with van der Waals surface area (Å²) in [6.45, 7) is 9.38. The summed E-state index contributed by atoms with van der Waals surface area (Å²) < 4.78 is 11.9. The average molecular weight is 265 g/mol. The first kappa shape index (κ1) is 14.6. The van der Waals surface area contributed by atoms with Crippen LogP contribution in [0.25, 0.3) is 0 Å². The Balaban J connectivity index is 2.02. The summed E-state index contributed by atoms with van der Waals surface area (Å²) in [5, 5.41) is 0. The van der Waals surface area contributed by atoms with E-state index < -0.39 is 0 Å². The lowest BCUT2D eigenvalue weighted by Crippen LogP contribution is -2.34. The van der Waals surface area contributed by atoms with Crippen molar-refractivity contribution in [1.29, 1.82) is 0 Å². The molecule has 0 amide bonds. The van der Waals surface area contributed by atoms with Crippen LogP contribution in [-0.4, -0.2) is 12.6 Å². The number of furan rings is 1. The molecule has 3 unspecified atom stereocenters. The van der Waals surface area contributed by atoms with Gasteiger partial charge in [-0.3, -0.25) is 0 Å². The zero-order valence-corrected chi connectivity index (χ0v) is 12.6. The maximum absolute atomic E-state index is 6.23. The van der Waals surface area contributed by atoms with Crippen LogP contribution in [0.1, 0.15) is 57.7 Å². The van der Waals surface area contributed by atoms with E-state index >= 15 is 0 Å². The fourth-order valence-electron chi connectivity index (χ4n) is 3.46. The van der Waals surface area contributed by atoms with Crippen molar-refractivity contribution >= 4 is 0 Å². The van der Waals surface area contributed by atoms with Gasteiger partial charge in [-0.05, 0) is 49.7 Å². The number of ether oxygens (including phenoxy) is 1. The molecule has 0 aromatic carbocycles. The zero-order valence-electron chi connectivity index (χ0n) is 12.6. The molecule has 1 saturated carbocycles. The predicted octanol–water partition coefficient (Wildman–Crippen LogP) is 3.82. The van der Waals surface area contributed by atoms with Gasteiger partial charge in [0, 0.05) is 6.54 Å². The van der Waals surface area contributed by atoms with Crippen LogP contribution in [0.5, 0.6) is 0 Å². The van der Waals surface area contributed by atoms with Gasteiger partial charge in [0.15, 0.2) is 0 Å². The molecule has 1 fully saturated rings. The molecule has 0 radical (unpaired) electrons. The zero-order chi connectivity index (χ0) is 14.0. The summed E-state index contributed by atoms with van der Waals surface area (Å²) in [6.07, 6.45) is 3.69. The van der Waals surface area contributed by atoms with Crippen molar-refractivity contribution in [2.75, 3.05) is 6.54 Å². The van der Waals surface area contributed by atoms with Crippen molar-refractivity contribution in [3.05, 3.63) is 23.7 Å². The molecule has 1 aliphatic carbocycles. The molecule has 0 bridgehead atoms. The fourth-order valence-corrected chi connectivity index (χ4v) is 3.46. The van der Waals surface area contributed by atoms with Crippen molar-refractivity contribution in [2.24, 2.45) is 17.1 Å². The highest BCUT2D eigenvalue weighted by Crippen LogP contribution is 2.41. The summed E-state index contributed by atoms with van der Waals surface area (Å²) in [4.78, 5) is 0. The summed E-state index contributed by atoms with van der Waals surface area (Å²) >= 11 is 0. The van der Waals surface area contributed by atoms with Gasteiger partial charge in [0.25, 0.3) is 0 Å². The Morgan fingerprint density at radius 1 is 1.42 bits per heavy atom. The second kappa shape index (κ2) is 5.68. The molecule has 1 aliphatic rings. The molecule has 3 atom stereocenters. The molecule has 3 heteroatoms. The molecule has 0 saturated heterocycles. The largest absolute Gasteiger partial charge is 0.464 e. The fraction of sp³-hybridized carbons (Fsp3) is 0.750. The molecule has 2 N–H and O–H groups in total. The average Bonchev–Trinajstić information content (AvgIpc) is 2.70. The second-order valence-corrected chi connectivity index (χ2v) is 6.84. The molecular formula is C16H27NO2. The molecule has 1 aromatic rings. The second-order valence-electron chi connectivity index (χ2n) is 6.84. The third kappa shape index (κ3) is 3.83. The third-order valence-corrected chi connectivity index (χ3v) is 4.00. The van der Waals surface area contributed by atoms with E-state index in [0.29, 0.717) is 17.9 Å². The maximum atomic E-state index is 6.23. The monoisotopic (exact) mass is 265 g/mol. The molecule has 1 aromatic heterocycles. The van der Waals surface area contributed by atoms with E-state index in [2.05, 4.69) is 20.8 Å². The molecule has 3 nitrogen and oxygen atoms in total. The van der Waals surface area contributed by atoms with Crippen LogP contribution < -0.4 is 5.73 Å². The molecule has 1 heterocycles. The quantitative estimate of drug-likeness (QED) is 0.900. The molecule has 108 valence electrons. The van der Waals surface area contributed by atoms with Gasteiger partial charge in [0.1, 0.15) is 17.6 Å². The van der Waals surface area contributed by atoms with Gasteiger partial charge >= 0.3 is 0 Å². The lowest BCUT2D eigenvalue weighted by molar-refractivity contribution is -0.0703. The smallest absolute Gasteiger partial charge is 0.134 e. The number of rotatable bonds is 4. The van der Waals surface area contributed by atoms with Crippen LogP contribution in [0.2, 0.25) is 0 Å². The van der Waals surface area contributed by atoms with Crippen LogP contribution in [0.15, 0.2) is 16.5 Å². The lowest BCUT2D eigenvalue weighted by atomic mass is 9.71. The highest BCUT2D eigenvalue weighted by Gasteiger charge is 2.34. The van der Waals surface area contributed by atoms with Gasteiger partial charge in [-0.1, -0.05) is 20.8 Å². The van der Waals surface area contributed by atoms with Crippen molar-refractivity contribution < 1.29 is 9.15 Å². The minimum absolute atomic E-state index is 0.111. The van der Waals surface area contributed by atoms with Crippen LogP contribution in [0.3, 0.4) is 0 Å². The van der Waals surface area contributed by atoms with E-state index in [0.717, 1.165) is 24.4 Å². The number of hydrogen-bond acceptors (Lipinski definition) is 3. The maximum Gasteiger partial charge on any atom is 0.134 e. The van der Waals surface area contributed by atoms with Gasteiger partial charge < -0.3 is 14.9 Å². The highest BCUT2D eigenvalue weighted by atomic mass is 16.5. The van der Waals surface area contributed by atoms with Crippen LogP contribution in [0.4, 0.5) is 0 Å². The van der Waals surface area contributed by atoms with Gasteiger partial charge in [-0.2, -0.15) is 0 Å². The Bertz CT molecular complexity index is 411. The van der Waals surface area contributed by atoms with Crippen LogP contribution >= 0.6 is 0 Å². The van der Waals surface area contributed by atoms with Gasteiger partial charge in [0.2, 0.25) is 0 Å². The Hall–Kier alpha value is -0.800. The number of hydrogen-bond donors (Lipinski definition) is 1. The van der Waals surface area contributed by atoms with E-state index in [4.69, 9.17) is 14.9 Å². The lowest BCUT2D eigenvalue weighted by Gasteiger charge is -2.39. The van der Waals surface area contributed by atoms with Gasteiger partial charge in [0.05, 0.1) is 6.10 Å². The van der Waals surface area contributed by atoms with Crippen LogP contribution in [-0.2, 0) is 4.74 Å². The minimum atomic E-state index is -0.111. The summed E-state index contributed by atoms with van der Waals surface area (Å²) in [5.41, 5.74) is 6.21. The molecule has 19 heavy (non-hydrogen) atoms. The van der Waals surface area contributed by atoms with E-state index in [-0.39, 0.29) is 12.2 Å². The van der Waals surface area contributed by atoms with E-state index in [9.17, 15) is 0 Å².